The summed E-state index contributed by atoms with van der Waals surface area (Å²) in [6, 6.07) is 2.58. The van der Waals surface area contributed by atoms with Crippen molar-refractivity contribution in [2.24, 2.45) is 24.1 Å². The van der Waals surface area contributed by atoms with Gasteiger partial charge in [-0.25, -0.2) is 9.97 Å². The Labute approximate surface area is 198 Å². The number of nitrogens with one attached hydrogen (secondary N) is 1. The summed E-state index contributed by atoms with van der Waals surface area (Å²) in [5.41, 5.74) is 6.76. The number of nitrogens with zero attached hydrogens (tertiary/aromatic N) is 4. The number of anilines is 2. The second kappa shape index (κ2) is 8.54. The van der Waals surface area contributed by atoms with Gasteiger partial charge in [0.2, 0.25) is 5.95 Å². The van der Waals surface area contributed by atoms with E-state index in [0.29, 0.717) is 27.7 Å². The highest BCUT2D eigenvalue weighted by molar-refractivity contribution is 7.99. The van der Waals surface area contributed by atoms with Gasteiger partial charge in [0, 0.05) is 43.3 Å². The number of pyridine rings is 1. The van der Waals surface area contributed by atoms with Crippen LogP contribution in [0.4, 0.5) is 11.8 Å². The SMILES string of the molecule is C[C@@H]1CCC2(CCN(c3ncc(Sc4ccnc(NC5CC5)c4Cl)c(=O)n3C)CC2)[C@@H]1N. The van der Waals surface area contributed by atoms with Crippen LogP contribution in [0, 0.1) is 11.3 Å². The molecular formula is C23H31ClN6OS. The first-order valence-electron chi connectivity index (χ1n) is 11.5. The molecule has 3 N–H and O–H groups in total. The lowest BCUT2D eigenvalue weighted by molar-refractivity contribution is 0.185. The van der Waals surface area contributed by atoms with Crippen LogP contribution >= 0.6 is 23.4 Å². The quantitative estimate of drug-likeness (QED) is 0.679. The van der Waals surface area contributed by atoms with Gasteiger partial charge in [-0.05, 0) is 55.9 Å². The summed E-state index contributed by atoms with van der Waals surface area (Å²) in [5, 5.41) is 3.90. The molecule has 1 spiro atoms. The van der Waals surface area contributed by atoms with E-state index in [2.05, 4.69) is 27.1 Å². The molecule has 2 saturated carbocycles. The minimum absolute atomic E-state index is 0.0592. The summed E-state index contributed by atoms with van der Waals surface area (Å²) < 4.78 is 1.66. The first kappa shape index (κ1) is 22.0. The van der Waals surface area contributed by atoms with E-state index in [9.17, 15) is 4.79 Å². The average Bonchev–Trinajstić information content (AvgIpc) is 3.57. The van der Waals surface area contributed by atoms with Gasteiger partial charge in [0.15, 0.2) is 0 Å². The van der Waals surface area contributed by atoms with E-state index in [-0.39, 0.29) is 17.0 Å². The zero-order valence-electron chi connectivity index (χ0n) is 18.7. The van der Waals surface area contributed by atoms with Gasteiger partial charge in [-0.2, -0.15) is 0 Å². The summed E-state index contributed by atoms with van der Waals surface area (Å²) in [6.45, 7) is 4.05. The number of aromatic nitrogens is 3. The van der Waals surface area contributed by atoms with Gasteiger partial charge >= 0.3 is 0 Å². The molecule has 9 heteroatoms. The Kier molecular flexibility index (Phi) is 5.88. The van der Waals surface area contributed by atoms with E-state index in [1.54, 1.807) is 24.0 Å². The van der Waals surface area contributed by atoms with Crippen LogP contribution in [0.5, 0.6) is 0 Å². The summed E-state index contributed by atoms with van der Waals surface area (Å²) >= 11 is 7.91. The molecule has 172 valence electrons. The van der Waals surface area contributed by atoms with Crippen molar-refractivity contribution in [1.82, 2.24) is 14.5 Å². The van der Waals surface area contributed by atoms with Crippen LogP contribution in [0.3, 0.4) is 0 Å². The number of nitrogens with two attached hydrogens (primary N) is 1. The number of halogens is 1. The molecule has 2 aliphatic carbocycles. The first-order chi connectivity index (χ1) is 15.4. The fourth-order valence-corrected chi connectivity index (χ4v) is 6.39. The fourth-order valence-electron chi connectivity index (χ4n) is 5.22. The number of piperidine rings is 1. The normalized spacial score (nSPS) is 24.8. The van der Waals surface area contributed by atoms with Crippen molar-refractivity contribution in [2.45, 2.75) is 67.3 Å². The van der Waals surface area contributed by atoms with Crippen LogP contribution in [0.2, 0.25) is 5.02 Å². The first-order valence-corrected chi connectivity index (χ1v) is 12.7. The zero-order valence-corrected chi connectivity index (χ0v) is 20.3. The molecule has 0 amide bonds. The van der Waals surface area contributed by atoms with Crippen LogP contribution in [-0.2, 0) is 7.05 Å². The van der Waals surface area contributed by atoms with E-state index in [0.717, 1.165) is 49.6 Å². The Morgan fingerprint density at radius 1 is 1.19 bits per heavy atom. The largest absolute Gasteiger partial charge is 0.366 e. The monoisotopic (exact) mass is 474 g/mol. The average molecular weight is 475 g/mol. The summed E-state index contributed by atoms with van der Waals surface area (Å²) in [6.07, 6.45) is 10.3. The Morgan fingerprint density at radius 3 is 2.59 bits per heavy atom. The maximum Gasteiger partial charge on any atom is 0.268 e. The van der Waals surface area contributed by atoms with Gasteiger partial charge in [0.25, 0.3) is 5.56 Å². The molecule has 32 heavy (non-hydrogen) atoms. The Hall–Kier alpha value is -1.77. The standard InChI is InChI=1S/C23H31ClN6OS/c1-14-5-7-23(19(14)25)8-11-30(12-9-23)22-27-13-17(21(31)29(22)2)32-16-6-10-26-20(18(16)24)28-15-3-4-15/h6,10,13-15,19H,3-5,7-9,11-12,25H2,1-2H3,(H,26,28)/t14-,19-/m1/s1. The summed E-state index contributed by atoms with van der Waals surface area (Å²) in [7, 11) is 1.80. The molecule has 1 saturated heterocycles. The highest BCUT2D eigenvalue weighted by Crippen LogP contribution is 2.48. The van der Waals surface area contributed by atoms with Gasteiger partial charge in [-0.1, -0.05) is 30.3 Å². The van der Waals surface area contributed by atoms with Gasteiger partial charge < -0.3 is 16.0 Å². The smallest absolute Gasteiger partial charge is 0.268 e. The zero-order chi connectivity index (χ0) is 22.5. The van der Waals surface area contributed by atoms with Crippen LogP contribution in [0.15, 0.2) is 33.0 Å². The highest BCUT2D eigenvalue weighted by Gasteiger charge is 2.46. The van der Waals surface area contributed by atoms with Crippen LogP contribution in [0.1, 0.15) is 45.4 Å². The van der Waals surface area contributed by atoms with Gasteiger partial charge in [0.05, 0.1) is 16.1 Å². The van der Waals surface area contributed by atoms with E-state index < -0.39 is 0 Å². The predicted octanol–water partition coefficient (Wildman–Crippen LogP) is 3.90. The van der Waals surface area contributed by atoms with Gasteiger partial charge in [-0.15, -0.1) is 0 Å². The topological polar surface area (TPSA) is 89.1 Å². The van der Waals surface area contributed by atoms with Crippen molar-refractivity contribution in [1.29, 1.82) is 0 Å². The molecule has 0 unspecified atom stereocenters. The molecule has 1 aliphatic heterocycles. The van der Waals surface area contributed by atoms with Crippen molar-refractivity contribution in [3.63, 3.8) is 0 Å². The molecule has 2 atom stereocenters. The van der Waals surface area contributed by atoms with Crippen LogP contribution in [0.25, 0.3) is 0 Å². The molecule has 5 rings (SSSR count). The van der Waals surface area contributed by atoms with Crippen molar-refractivity contribution < 1.29 is 0 Å². The van der Waals surface area contributed by atoms with E-state index >= 15 is 0 Å². The van der Waals surface area contributed by atoms with Crippen LogP contribution < -0.4 is 21.5 Å². The maximum atomic E-state index is 13.1. The Morgan fingerprint density at radius 2 is 1.94 bits per heavy atom. The molecule has 2 aromatic rings. The fraction of sp³-hybridized carbons (Fsp3) is 0.609. The summed E-state index contributed by atoms with van der Waals surface area (Å²) in [5.74, 6) is 2.01. The van der Waals surface area contributed by atoms with Crippen molar-refractivity contribution in [3.05, 3.63) is 33.8 Å². The highest BCUT2D eigenvalue weighted by atomic mass is 35.5. The molecule has 0 aromatic carbocycles. The molecule has 7 nitrogen and oxygen atoms in total. The Balaban J connectivity index is 1.32. The predicted molar refractivity (Wildman–Crippen MR) is 130 cm³/mol. The van der Waals surface area contributed by atoms with Gasteiger partial charge in [0.1, 0.15) is 5.82 Å². The van der Waals surface area contributed by atoms with Crippen molar-refractivity contribution in [2.75, 3.05) is 23.3 Å². The Bertz CT molecular complexity index is 1060. The lowest BCUT2D eigenvalue weighted by atomic mass is 9.73. The molecule has 3 fully saturated rings. The number of rotatable bonds is 5. The second-order valence-corrected chi connectivity index (χ2v) is 11.1. The third kappa shape index (κ3) is 4.01. The lowest BCUT2D eigenvalue weighted by Gasteiger charge is -2.43. The van der Waals surface area contributed by atoms with E-state index in [1.807, 2.05) is 6.07 Å². The minimum Gasteiger partial charge on any atom is -0.366 e. The van der Waals surface area contributed by atoms with Crippen molar-refractivity contribution >= 4 is 35.1 Å². The van der Waals surface area contributed by atoms with Crippen molar-refractivity contribution in [3.8, 4) is 0 Å². The van der Waals surface area contributed by atoms with Crippen LogP contribution in [-0.4, -0.2) is 39.7 Å². The van der Waals surface area contributed by atoms with Gasteiger partial charge in [-0.3, -0.25) is 9.36 Å². The third-order valence-electron chi connectivity index (χ3n) is 7.56. The third-order valence-corrected chi connectivity index (χ3v) is 9.12. The lowest BCUT2D eigenvalue weighted by Crippen LogP contribution is -2.49. The molecule has 3 heterocycles. The molecule has 0 bridgehead atoms. The number of hydrogen-bond acceptors (Lipinski definition) is 7. The summed E-state index contributed by atoms with van der Waals surface area (Å²) in [4.78, 5) is 25.8. The maximum absolute atomic E-state index is 13.1. The minimum atomic E-state index is -0.0592. The molecular weight excluding hydrogens is 444 g/mol. The van der Waals surface area contributed by atoms with E-state index in [1.165, 1.54) is 24.6 Å². The number of hydrogen-bond donors (Lipinski definition) is 2. The molecule has 3 aliphatic rings. The molecule has 0 radical (unpaired) electrons. The molecule has 2 aromatic heterocycles. The van der Waals surface area contributed by atoms with E-state index in [4.69, 9.17) is 17.3 Å². The second-order valence-electron chi connectivity index (χ2n) is 9.67.